The molecule has 2 aliphatic carbocycles. The number of aliphatic hydroxyl groups excluding tert-OH is 1. The number of alkyl halides is 5. The first-order chi connectivity index (χ1) is 14.3. The summed E-state index contributed by atoms with van der Waals surface area (Å²) in [6.07, 6.45) is 1.31. The van der Waals surface area contributed by atoms with Crippen LogP contribution in [0.3, 0.4) is 0 Å². The van der Waals surface area contributed by atoms with Crippen molar-refractivity contribution >= 4 is 15.9 Å². The average molecular weight is 491 g/mol. The van der Waals surface area contributed by atoms with E-state index in [-0.39, 0.29) is 0 Å². The highest BCUT2D eigenvalue weighted by atomic mass is 32.2. The Hall–Kier alpha value is -2.15. The van der Waals surface area contributed by atoms with Gasteiger partial charge < -0.3 is 20.7 Å². The van der Waals surface area contributed by atoms with Gasteiger partial charge in [-0.3, -0.25) is 0 Å². The van der Waals surface area contributed by atoms with Gasteiger partial charge in [-0.25, -0.2) is 22.0 Å². The second kappa shape index (κ2) is 9.77. The van der Waals surface area contributed by atoms with E-state index in [1.807, 2.05) is 0 Å². The fourth-order valence-corrected chi connectivity index (χ4v) is 3.59. The highest BCUT2D eigenvalue weighted by molar-refractivity contribution is 7.92. The number of aliphatic hydroxyl groups is 1. The van der Waals surface area contributed by atoms with E-state index >= 15 is 0 Å². The number of hydrogen-bond donors (Lipinski definition) is 3. The molecule has 3 rings (SSSR count). The van der Waals surface area contributed by atoms with E-state index in [1.165, 1.54) is 25.7 Å². The Bertz CT molecular complexity index is 917. The zero-order valence-electron chi connectivity index (χ0n) is 17.7. The lowest BCUT2D eigenvalue weighted by Gasteiger charge is -2.16. The average Bonchev–Trinajstić information content (AvgIpc) is 2.74. The summed E-state index contributed by atoms with van der Waals surface area (Å²) in [7, 11) is -5.91. The third-order valence-corrected chi connectivity index (χ3v) is 5.92. The minimum Gasteiger partial charge on any atom is -0.508 e. The van der Waals surface area contributed by atoms with Crippen molar-refractivity contribution < 1.29 is 50.1 Å². The fourth-order valence-electron chi connectivity index (χ4n) is 2.57. The van der Waals surface area contributed by atoms with Crippen LogP contribution in [0.4, 0.5) is 26.7 Å². The van der Waals surface area contributed by atoms with Crippen molar-refractivity contribution in [2.45, 2.75) is 80.9 Å². The number of benzene rings is 1. The van der Waals surface area contributed by atoms with Crippen LogP contribution in [0.25, 0.3) is 0 Å². The molecule has 32 heavy (non-hydrogen) atoms. The number of phenols is 1. The van der Waals surface area contributed by atoms with Crippen LogP contribution in [0.1, 0.15) is 63.7 Å². The molecule has 2 aliphatic rings. The number of sulfone groups is 1. The summed E-state index contributed by atoms with van der Waals surface area (Å²) >= 11 is 0. The molecule has 0 aromatic heterocycles. The first-order valence-corrected chi connectivity index (χ1v) is 11.0. The summed E-state index contributed by atoms with van der Waals surface area (Å²) in [5, 5.41) is 18.7. The number of ether oxygens (including phenoxy) is 1. The number of nitrogens with two attached hydrogens (primary N) is 1. The van der Waals surface area contributed by atoms with Gasteiger partial charge >= 0.3 is 11.6 Å². The summed E-state index contributed by atoms with van der Waals surface area (Å²) in [5.41, 5.74) is -3.24. The fraction of sp³-hybridized carbons (Fsp3) is 0.632. The maximum atomic E-state index is 13.3. The molecule has 0 spiro atoms. The minimum absolute atomic E-state index is 0.349. The number of halogens is 5. The highest BCUT2D eigenvalue weighted by Crippen LogP contribution is 2.50. The molecule has 0 bridgehead atoms. The van der Waals surface area contributed by atoms with Crippen LogP contribution in [-0.2, 0) is 21.0 Å². The molecular formula is C19H26F5NO6S. The molecule has 0 aliphatic heterocycles. The van der Waals surface area contributed by atoms with E-state index in [1.54, 1.807) is 20.8 Å². The van der Waals surface area contributed by atoms with Crippen molar-refractivity contribution in [3.8, 4) is 5.75 Å². The van der Waals surface area contributed by atoms with E-state index in [2.05, 4.69) is 4.74 Å². The van der Waals surface area contributed by atoms with Gasteiger partial charge in [0, 0.05) is 17.5 Å². The van der Waals surface area contributed by atoms with Gasteiger partial charge in [-0.15, -0.1) is 0 Å². The summed E-state index contributed by atoms with van der Waals surface area (Å²) in [6.45, 7) is 5.28. The Morgan fingerprint density at radius 1 is 1.12 bits per heavy atom. The normalized spacial score (nSPS) is 19.3. The molecule has 0 radical (unpaired) electrons. The zero-order valence-corrected chi connectivity index (χ0v) is 18.5. The summed E-state index contributed by atoms with van der Waals surface area (Å²) < 4.78 is 91.4. The van der Waals surface area contributed by atoms with Crippen molar-refractivity contribution in [3.05, 3.63) is 23.3 Å². The molecule has 1 atom stereocenters. The second-order valence-corrected chi connectivity index (χ2v) is 10.1. The number of rotatable bonds is 1. The number of phenolic OH excluding ortho intramolecular Hbond substituents is 1. The first-order valence-electron chi connectivity index (χ1n) is 9.51. The van der Waals surface area contributed by atoms with E-state index in [0.29, 0.717) is 12.1 Å². The minimum atomic E-state index is -5.91. The van der Waals surface area contributed by atoms with Crippen LogP contribution in [0.15, 0.2) is 17.0 Å². The SMILES string of the molecule is C1CCC1.CC(C)(C)OC(N)=O.O=S(=O)(c1ccc(O)c2c1[C@H](O)C(F)(F)C2)C(F)(F)F. The second-order valence-electron chi connectivity index (χ2n) is 8.21. The predicted octanol–water partition coefficient (Wildman–Crippen LogP) is 4.35. The van der Waals surface area contributed by atoms with Gasteiger partial charge in [0.2, 0.25) is 0 Å². The lowest BCUT2D eigenvalue weighted by molar-refractivity contribution is -0.0978. The Labute approximate surface area is 182 Å². The molecular weight excluding hydrogens is 465 g/mol. The Balaban J connectivity index is 0.000000350. The van der Waals surface area contributed by atoms with Gasteiger partial charge in [-0.2, -0.15) is 13.2 Å². The summed E-state index contributed by atoms with van der Waals surface area (Å²) in [6, 6.07) is 0.924. The topological polar surface area (TPSA) is 127 Å². The van der Waals surface area contributed by atoms with Crippen molar-refractivity contribution in [2.75, 3.05) is 0 Å². The smallest absolute Gasteiger partial charge is 0.501 e. The Kier molecular flexibility index (Phi) is 8.52. The standard InChI is InChI=1S/C10H7F5O4S.C5H11NO2.C4H8/c11-9(12)3-4-5(16)1-2-6(7(4)8(9)17)20(18,19)10(13,14)15;1-5(2,3)8-4(6)7;1-2-4-3-1/h1-2,8,16-17H,3H2;1-3H3,(H2,6,7);1-4H2/t8-;;/m0../s1. The van der Waals surface area contributed by atoms with Crippen LogP contribution in [-0.4, -0.2) is 41.8 Å². The molecule has 1 saturated carbocycles. The molecule has 13 heteroatoms. The largest absolute Gasteiger partial charge is 0.508 e. The molecule has 4 N–H and O–H groups in total. The molecule has 7 nitrogen and oxygen atoms in total. The van der Waals surface area contributed by atoms with Crippen molar-refractivity contribution in [1.82, 2.24) is 0 Å². The van der Waals surface area contributed by atoms with Gasteiger partial charge in [-0.05, 0) is 32.9 Å². The zero-order chi connectivity index (χ0) is 25.1. The molecule has 1 fully saturated rings. The lowest BCUT2D eigenvalue weighted by atomic mass is 10.0. The molecule has 0 saturated heterocycles. The number of primary amides is 1. The van der Waals surface area contributed by atoms with Crippen molar-refractivity contribution in [1.29, 1.82) is 0 Å². The molecule has 1 aromatic carbocycles. The third kappa shape index (κ3) is 6.92. The number of amides is 1. The summed E-state index contributed by atoms with van der Waals surface area (Å²) in [4.78, 5) is 8.54. The van der Waals surface area contributed by atoms with Gasteiger partial charge in [0.05, 0.1) is 4.90 Å². The van der Waals surface area contributed by atoms with Gasteiger partial charge in [-0.1, -0.05) is 25.7 Å². The maximum absolute atomic E-state index is 13.3. The number of carbonyl (C=O) groups excluding carboxylic acids is 1. The van der Waals surface area contributed by atoms with Crippen LogP contribution in [0.2, 0.25) is 0 Å². The quantitative estimate of drug-likeness (QED) is 0.502. The van der Waals surface area contributed by atoms with Crippen LogP contribution >= 0.6 is 0 Å². The number of carbonyl (C=O) groups is 1. The van der Waals surface area contributed by atoms with E-state index in [4.69, 9.17) is 5.73 Å². The van der Waals surface area contributed by atoms with Gasteiger partial charge in [0.25, 0.3) is 15.8 Å². The van der Waals surface area contributed by atoms with Crippen LogP contribution < -0.4 is 5.73 Å². The molecule has 0 heterocycles. The molecule has 1 aromatic rings. The first kappa shape index (κ1) is 27.9. The van der Waals surface area contributed by atoms with Crippen LogP contribution in [0.5, 0.6) is 5.75 Å². The van der Waals surface area contributed by atoms with Crippen molar-refractivity contribution in [3.63, 3.8) is 0 Å². The number of aromatic hydroxyl groups is 1. The predicted molar refractivity (Wildman–Crippen MR) is 104 cm³/mol. The van der Waals surface area contributed by atoms with E-state index in [9.17, 15) is 45.4 Å². The number of fused-ring (bicyclic) bond motifs is 1. The van der Waals surface area contributed by atoms with E-state index < -0.39 is 67.3 Å². The molecule has 184 valence electrons. The van der Waals surface area contributed by atoms with Gasteiger partial charge in [0.1, 0.15) is 17.5 Å². The third-order valence-electron chi connectivity index (χ3n) is 4.38. The van der Waals surface area contributed by atoms with Crippen molar-refractivity contribution in [2.24, 2.45) is 5.73 Å². The summed E-state index contributed by atoms with van der Waals surface area (Å²) in [5.74, 6) is -4.64. The Morgan fingerprint density at radius 2 is 1.59 bits per heavy atom. The van der Waals surface area contributed by atoms with Crippen LogP contribution in [0, 0.1) is 0 Å². The highest BCUT2D eigenvalue weighted by Gasteiger charge is 2.54. The molecule has 1 amide bonds. The maximum Gasteiger partial charge on any atom is 0.501 e. The van der Waals surface area contributed by atoms with Gasteiger partial charge in [0.15, 0.2) is 0 Å². The number of hydrogen-bond acceptors (Lipinski definition) is 6. The Morgan fingerprint density at radius 3 is 1.91 bits per heavy atom. The lowest BCUT2D eigenvalue weighted by Crippen LogP contribution is -2.27. The molecule has 0 unspecified atom stereocenters. The van der Waals surface area contributed by atoms with E-state index in [0.717, 1.165) is 0 Å². The monoisotopic (exact) mass is 491 g/mol.